The predicted molar refractivity (Wildman–Crippen MR) is 97.0 cm³/mol. The molecule has 2 heterocycles. The number of nitrogens with zero attached hydrogens (tertiary/aromatic N) is 3. The van der Waals surface area contributed by atoms with Crippen LogP contribution in [0.3, 0.4) is 0 Å². The summed E-state index contributed by atoms with van der Waals surface area (Å²) in [6.07, 6.45) is 3.42. The fourth-order valence-corrected chi connectivity index (χ4v) is 2.96. The van der Waals surface area contributed by atoms with Gasteiger partial charge in [0.25, 0.3) is 0 Å². The lowest BCUT2D eigenvalue weighted by Crippen LogP contribution is -2.30. The third-order valence-electron chi connectivity index (χ3n) is 4.48. The molecule has 3 aromatic rings. The third-order valence-corrected chi connectivity index (χ3v) is 4.48. The van der Waals surface area contributed by atoms with Crippen LogP contribution in [0.1, 0.15) is 30.0 Å². The van der Waals surface area contributed by atoms with E-state index in [0.29, 0.717) is 11.6 Å². The number of carbonyl (C=O) groups is 1. The molecule has 0 aliphatic heterocycles. The summed E-state index contributed by atoms with van der Waals surface area (Å²) >= 11 is 0. The summed E-state index contributed by atoms with van der Waals surface area (Å²) in [6, 6.07) is 9.51. The monoisotopic (exact) mass is 352 g/mol. The maximum absolute atomic E-state index is 12.7. The Labute approximate surface area is 150 Å². The van der Waals surface area contributed by atoms with Crippen molar-refractivity contribution in [2.75, 3.05) is 5.32 Å². The van der Waals surface area contributed by atoms with Gasteiger partial charge in [-0.15, -0.1) is 5.10 Å². The van der Waals surface area contributed by atoms with Crippen LogP contribution in [0, 0.1) is 13.8 Å². The zero-order valence-corrected chi connectivity index (χ0v) is 14.7. The maximum atomic E-state index is 12.7. The van der Waals surface area contributed by atoms with Crippen LogP contribution in [0.5, 0.6) is 0 Å². The van der Waals surface area contributed by atoms with Gasteiger partial charge in [0.2, 0.25) is 11.7 Å². The summed E-state index contributed by atoms with van der Waals surface area (Å²) in [5.41, 5.74) is 2.49. The summed E-state index contributed by atoms with van der Waals surface area (Å²) < 4.78 is 8.23. The first-order valence-electron chi connectivity index (χ1n) is 8.63. The molecule has 1 amide bonds. The van der Waals surface area contributed by atoms with Crippen LogP contribution in [0.15, 0.2) is 45.8 Å². The van der Waals surface area contributed by atoms with Crippen molar-refractivity contribution in [3.05, 3.63) is 58.2 Å². The van der Waals surface area contributed by atoms with E-state index in [2.05, 4.69) is 10.4 Å². The molecule has 1 aliphatic rings. The molecule has 26 heavy (non-hydrogen) atoms. The van der Waals surface area contributed by atoms with E-state index >= 15 is 0 Å². The van der Waals surface area contributed by atoms with Crippen LogP contribution >= 0.6 is 0 Å². The van der Waals surface area contributed by atoms with Crippen LogP contribution < -0.4 is 11.0 Å². The zero-order valence-electron chi connectivity index (χ0n) is 14.7. The van der Waals surface area contributed by atoms with Gasteiger partial charge in [-0.1, -0.05) is 12.1 Å². The zero-order chi connectivity index (χ0) is 18.3. The molecule has 0 atom stereocenters. The molecule has 1 saturated carbocycles. The average Bonchev–Trinajstić information content (AvgIpc) is 3.18. The van der Waals surface area contributed by atoms with E-state index in [1.54, 1.807) is 23.0 Å². The summed E-state index contributed by atoms with van der Waals surface area (Å²) in [5.74, 6) is 0.719. The van der Waals surface area contributed by atoms with E-state index in [0.717, 1.165) is 29.7 Å². The number of carbonyl (C=O) groups excluding carboxylic acids is 1. The molecule has 1 aromatic carbocycles. The SMILES string of the molecule is Cc1ccc(C)c(NC(=O)Cn2nc(-c3ccco3)n(C3CC3)c2=O)c1. The van der Waals surface area contributed by atoms with E-state index in [1.807, 2.05) is 32.0 Å². The second-order valence-corrected chi connectivity index (χ2v) is 6.71. The lowest BCUT2D eigenvalue weighted by Gasteiger charge is -2.09. The van der Waals surface area contributed by atoms with Gasteiger partial charge >= 0.3 is 5.69 Å². The summed E-state index contributed by atoms with van der Waals surface area (Å²) in [6.45, 7) is 3.75. The Morgan fingerprint density at radius 2 is 2.12 bits per heavy atom. The normalized spacial score (nSPS) is 13.8. The van der Waals surface area contributed by atoms with Gasteiger partial charge in [-0.25, -0.2) is 9.48 Å². The van der Waals surface area contributed by atoms with Gasteiger partial charge < -0.3 is 9.73 Å². The van der Waals surface area contributed by atoms with Crippen molar-refractivity contribution < 1.29 is 9.21 Å². The van der Waals surface area contributed by atoms with Crippen LogP contribution in [-0.2, 0) is 11.3 Å². The molecule has 1 N–H and O–H groups in total. The van der Waals surface area contributed by atoms with Crippen LogP contribution in [0.2, 0.25) is 0 Å². The summed E-state index contributed by atoms with van der Waals surface area (Å²) in [7, 11) is 0. The van der Waals surface area contributed by atoms with Crippen molar-refractivity contribution in [3.8, 4) is 11.6 Å². The highest BCUT2D eigenvalue weighted by molar-refractivity contribution is 5.91. The molecule has 4 rings (SSSR count). The number of furan rings is 1. The van der Waals surface area contributed by atoms with Crippen LogP contribution in [0.25, 0.3) is 11.6 Å². The van der Waals surface area contributed by atoms with Gasteiger partial charge in [-0.3, -0.25) is 9.36 Å². The first-order valence-corrected chi connectivity index (χ1v) is 8.63. The number of hydrogen-bond donors (Lipinski definition) is 1. The number of hydrogen-bond acceptors (Lipinski definition) is 4. The summed E-state index contributed by atoms with van der Waals surface area (Å²) in [5, 5.41) is 7.21. The lowest BCUT2D eigenvalue weighted by atomic mass is 10.1. The molecule has 0 unspecified atom stereocenters. The number of benzene rings is 1. The quantitative estimate of drug-likeness (QED) is 0.765. The Balaban J connectivity index is 1.60. The molecule has 0 bridgehead atoms. The molecule has 0 spiro atoms. The number of aromatic nitrogens is 3. The van der Waals surface area contributed by atoms with Gasteiger partial charge in [-0.2, -0.15) is 0 Å². The molecular formula is C19H20N4O3. The van der Waals surface area contributed by atoms with E-state index in [4.69, 9.17) is 4.42 Å². The second-order valence-electron chi connectivity index (χ2n) is 6.71. The Kier molecular flexibility index (Phi) is 3.99. The predicted octanol–water partition coefficient (Wildman–Crippen LogP) is 2.90. The topological polar surface area (TPSA) is 82.1 Å². The van der Waals surface area contributed by atoms with E-state index in [-0.39, 0.29) is 24.2 Å². The van der Waals surface area contributed by atoms with Crippen molar-refractivity contribution in [2.24, 2.45) is 0 Å². The Bertz CT molecular complexity index is 1010. The van der Waals surface area contributed by atoms with Crippen LogP contribution in [0.4, 0.5) is 5.69 Å². The smallest absolute Gasteiger partial charge is 0.347 e. The van der Waals surface area contributed by atoms with Gasteiger partial charge in [0.15, 0.2) is 5.76 Å². The molecular weight excluding hydrogens is 332 g/mol. The van der Waals surface area contributed by atoms with Crippen molar-refractivity contribution in [2.45, 2.75) is 39.3 Å². The van der Waals surface area contributed by atoms with Crippen molar-refractivity contribution in [3.63, 3.8) is 0 Å². The third kappa shape index (κ3) is 3.08. The molecule has 1 fully saturated rings. The molecule has 2 aromatic heterocycles. The fraction of sp³-hybridized carbons (Fsp3) is 0.316. The van der Waals surface area contributed by atoms with Crippen LogP contribution in [-0.4, -0.2) is 20.3 Å². The van der Waals surface area contributed by atoms with Gasteiger partial charge in [0.05, 0.1) is 6.26 Å². The van der Waals surface area contributed by atoms with Crippen molar-refractivity contribution in [1.82, 2.24) is 14.3 Å². The average molecular weight is 352 g/mol. The second kappa shape index (κ2) is 6.33. The van der Waals surface area contributed by atoms with E-state index in [1.165, 1.54) is 4.68 Å². The molecule has 134 valence electrons. The number of anilines is 1. The number of aryl methyl sites for hydroxylation is 2. The largest absolute Gasteiger partial charge is 0.461 e. The first-order chi connectivity index (χ1) is 12.5. The minimum absolute atomic E-state index is 0.137. The molecule has 1 aliphatic carbocycles. The Morgan fingerprint density at radius 3 is 2.81 bits per heavy atom. The Hall–Kier alpha value is -3.09. The minimum Gasteiger partial charge on any atom is -0.461 e. The van der Waals surface area contributed by atoms with E-state index < -0.39 is 0 Å². The number of nitrogens with one attached hydrogen (secondary N) is 1. The van der Waals surface area contributed by atoms with Gasteiger partial charge in [0.1, 0.15) is 6.54 Å². The maximum Gasteiger partial charge on any atom is 0.347 e. The van der Waals surface area contributed by atoms with Crippen molar-refractivity contribution in [1.29, 1.82) is 0 Å². The molecule has 0 radical (unpaired) electrons. The first kappa shape index (κ1) is 16.4. The standard InChI is InChI=1S/C19H20N4O3/c1-12-5-6-13(2)15(10-12)20-17(24)11-22-19(25)23(14-7-8-14)18(21-22)16-4-3-9-26-16/h3-6,9-10,14H,7-8,11H2,1-2H3,(H,20,24). The van der Waals surface area contributed by atoms with Gasteiger partial charge in [-0.05, 0) is 56.0 Å². The highest BCUT2D eigenvalue weighted by Crippen LogP contribution is 2.36. The molecule has 7 nitrogen and oxygen atoms in total. The highest BCUT2D eigenvalue weighted by Gasteiger charge is 2.31. The number of rotatable bonds is 5. The molecule has 0 saturated heterocycles. The Morgan fingerprint density at radius 1 is 1.31 bits per heavy atom. The minimum atomic E-state index is -0.285. The van der Waals surface area contributed by atoms with Gasteiger partial charge in [0, 0.05) is 11.7 Å². The fourth-order valence-electron chi connectivity index (χ4n) is 2.96. The van der Waals surface area contributed by atoms with Crippen molar-refractivity contribution >= 4 is 11.6 Å². The lowest BCUT2D eigenvalue weighted by molar-refractivity contribution is -0.117. The molecule has 7 heteroatoms. The van der Waals surface area contributed by atoms with E-state index in [9.17, 15) is 9.59 Å². The summed E-state index contributed by atoms with van der Waals surface area (Å²) in [4.78, 5) is 25.2. The highest BCUT2D eigenvalue weighted by atomic mass is 16.3. The number of amides is 1.